The maximum atomic E-state index is 2.42. The number of para-hydroxylation sites is 2. The standard InChI is InChI=1S/C64H44N2/c1-4-19-45(20-5-1)54-29-10-12-31-58(54)59-32-13-11-30-55(59)47-37-39-51(40-38-47)65(53-41-42-61-60-33-14-15-36-62(60)66(63(61)44-53)50-26-8-3-9-27-50)52-28-16-25-49(43-52)57-35-18-24-48-23-17-34-56(64(48)57)46-21-6-2-7-22-46/h1-44H. The van der Waals surface area contributed by atoms with Gasteiger partial charge in [0.15, 0.2) is 0 Å². The first-order valence-corrected chi connectivity index (χ1v) is 22.7. The van der Waals surface area contributed by atoms with Crippen LogP contribution in [0.5, 0.6) is 0 Å². The Morgan fingerprint density at radius 3 is 1.38 bits per heavy atom. The van der Waals surface area contributed by atoms with Crippen molar-refractivity contribution in [3.8, 4) is 61.3 Å². The summed E-state index contributed by atoms with van der Waals surface area (Å²) in [6.07, 6.45) is 0. The fourth-order valence-corrected chi connectivity index (χ4v) is 10.0. The Labute approximate surface area is 385 Å². The van der Waals surface area contributed by atoms with E-state index >= 15 is 0 Å². The Morgan fingerprint density at radius 2 is 0.712 bits per heavy atom. The van der Waals surface area contributed by atoms with E-state index in [4.69, 9.17) is 0 Å². The first-order valence-electron chi connectivity index (χ1n) is 22.7. The molecule has 0 bridgehead atoms. The van der Waals surface area contributed by atoms with Gasteiger partial charge in [0.2, 0.25) is 0 Å². The summed E-state index contributed by atoms with van der Waals surface area (Å²) in [6.45, 7) is 0. The smallest absolute Gasteiger partial charge is 0.0561 e. The summed E-state index contributed by atoms with van der Waals surface area (Å²) in [5, 5.41) is 4.93. The summed E-state index contributed by atoms with van der Waals surface area (Å²) in [6, 6.07) is 96.9. The van der Waals surface area contributed by atoms with Crippen molar-refractivity contribution in [1.29, 1.82) is 0 Å². The monoisotopic (exact) mass is 840 g/mol. The van der Waals surface area contributed by atoms with E-state index in [1.54, 1.807) is 0 Å². The molecule has 0 saturated carbocycles. The SMILES string of the molecule is c1ccc(-c2ccccc2-c2ccccc2-c2ccc(N(c3cccc(-c4cccc5cccc(-c6ccccc6)c45)c3)c3ccc4c5ccccc5n(-c5ccccc5)c4c3)cc2)cc1. The molecule has 66 heavy (non-hydrogen) atoms. The first-order chi connectivity index (χ1) is 32.8. The molecule has 0 saturated heterocycles. The number of anilines is 3. The molecule has 0 unspecified atom stereocenters. The van der Waals surface area contributed by atoms with Crippen molar-refractivity contribution >= 4 is 49.6 Å². The molecule has 11 aromatic carbocycles. The number of hydrogen-bond donors (Lipinski definition) is 0. The van der Waals surface area contributed by atoms with Crippen LogP contribution >= 0.6 is 0 Å². The highest BCUT2D eigenvalue weighted by Gasteiger charge is 2.20. The minimum atomic E-state index is 1.07. The molecular formula is C64H44N2. The molecular weight excluding hydrogens is 797 g/mol. The van der Waals surface area contributed by atoms with Gasteiger partial charge in [0.25, 0.3) is 0 Å². The van der Waals surface area contributed by atoms with Crippen LogP contribution < -0.4 is 4.90 Å². The van der Waals surface area contributed by atoms with Crippen LogP contribution in [0.1, 0.15) is 0 Å². The summed E-state index contributed by atoms with van der Waals surface area (Å²) >= 11 is 0. The molecule has 0 N–H and O–H groups in total. The van der Waals surface area contributed by atoms with Gasteiger partial charge in [-0.15, -0.1) is 0 Å². The number of benzene rings is 11. The third-order valence-electron chi connectivity index (χ3n) is 13.0. The van der Waals surface area contributed by atoms with E-state index in [1.807, 2.05) is 0 Å². The topological polar surface area (TPSA) is 8.17 Å². The summed E-state index contributed by atoms with van der Waals surface area (Å²) in [5.41, 5.74) is 18.7. The molecule has 12 rings (SSSR count). The Bertz CT molecular complexity index is 3680. The predicted octanol–water partition coefficient (Wildman–Crippen LogP) is 17.7. The highest BCUT2D eigenvalue weighted by atomic mass is 15.1. The largest absolute Gasteiger partial charge is 0.310 e. The van der Waals surface area contributed by atoms with Gasteiger partial charge in [0.05, 0.1) is 11.0 Å². The number of hydrogen-bond acceptors (Lipinski definition) is 1. The second-order valence-electron chi connectivity index (χ2n) is 16.9. The number of rotatable bonds is 9. The molecule has 0 amide bonds. The molecule has 0 radical (unpaired) electrons. The summed E-state index contributed by atoms with van der Waals surface area (Å²) in [4.78, 5) is 2.42. The van der Waals surface area contributed by atoms with Crippen molar-refractivity contribution in [2.45, 2.75) is 0 Å². The van der Waals surface area contributed by atoms with Crippen LogP contribution in [-0.4, -0.2) is 4.57 Å². The van der Waals surface area contributed by atoms with Gasteiger partial charge < -0.3 is 9.47 Å². The quantitative estimate of drug-likeness (QED) is 0.141. The van der Waals surface area contributed by atoms with Crippen LogP contribution in [0.4, 0.5) is 17.1 Å². The van der Waals surface area contributed by atoms with Crippen molar-refractivity contribution in [2.24, 2.45) is 0 Å². The third-order valence-corrected chi connectivity index (χ3v) is 13.0. The number of fused-ring (bicyclic) bond motifs is 4. The molecule has 12 aromatic rings. The van der Waals surface area contributed by atoms with E-state index in [0.29, 0.717) is 0 Å². The minimum absolute atomic E-state index is 1.07. The van der Waals surface area contributed by atoms with Crippen molar-refractivity contribution < 1.29 is 0 Å². The van der Waals surface area contributed by atoms with E-state index in [1.165, 1.54) is 71.6 Å². The summed E-state index contributed by atoms with van der Waals surface area (Å²) < 4.78 is 2.40. The maximum absolute atomic E-state index is 2.42. The normalized spacial score (nSPS) is 11.3. The zero-order valence-corrected chi connectivity index (χ0v) is 36.3. The molecule has 310 valence electrons. The van der Waals surface area contributed by atoms with E-state index in [2.05, 4.69) is 276 Å². The van der Waals surface area contributed by atoms with E-state index in [-0.39, 0.29) is 0 Å². The molecule has 2 heteroatoms. The molecule has 1 heterocycles. The van der Waals surface area contributed by atoms with Crippen LogP contribution in [0.25, 0.3) is 93.9 Å². The molecule has 0 spiro atoms. The third kappa shape index (κ3) is 6.93. The van der Waals surface area contributed by atoms with Gasteiger partial charge in [-0.2, -0.15) is 0 Å². The lowest BCUT2D eigenvalue weighted by Gasteiger charge is -2.27. The average Bonchev–Trinajstić information content (AvgIpc) is 3.73. The lowest BCUT2D eigenvalue weighted by atomic mass is 9.89. The number of nitrogens with zero attached hydrogens (tertiary/aromatic N) is 2. The second-order valence-corrected chi connectivity index (χ2v) is 16.9. The lowest BCUT2D eigenvalue weighted by molar-refractivity contribution is 1.18. The van der Waals surface area contributed by atoms with Crippen LogP contribution in [0.3, 0.4) is 0 Å². The molecule has 2 nitrogen and oxygen atoms in total. The highest BCUT2D eigenvalue weighted by Crippen LogP contribution is 2.44. The summed E-state index contributed by atoms with van der Waals surface area (Å²) in [5.74, 6) is 0. The van der Waals surface area contributed by atoms with Gasteiger partial charge >= 0.3 is 0 Å². The maximum Gasteiger partial charge on any atom is 0.0561 e. The van der Waals surface area contributed by atoms with Gasteiger partial charge in [0.1, 0.15) is 0 Å². The van der Waals surface area contributed by atoms with Crippen LogP contribution in [-0.2, 0) is 0 Å². The van der Waals surface area contributed by atoms with Crippen LogP contribution in [0.15, 0.2) is 267 Å². The fraction of sp³-hybridized carbons (Fsp3) is 0. The highest BCUT2D eigenvalue weighted by molar-refractivity contribution is 6.11. The van der Waals surface area contributed by atoms with Crippen molar-refractivity contribution in [3.05, 3.63) is 267 Å². The van der Waals surface area contributed by atoms with Crippen LogP contribution in [0.2, 0.25) is 0 Å². The minimum Gasteiger partial charge on any atom is -0.310 e. The lowest BCUT2D eigenvalue weighted by Crippen LogP contribution is -2.10. The molecule has 0 aliphatic rings. The fourth-order valence-electron chi connectivity index (χ4n) is 10.0. The Hall–Kier alpha value is -8.72. The molecule has 0 aliphatic heterocycles. The Balaban J connectivity index is 1.03. The molecule has 1 aromatic heterocycles. The van der Waals surface area contributed by atoms with Crippen molar-refractivity contribution in [3.63, 3.8) is 0 Å². The van der Waals surface area contributed by atoms with Crippen molar-refractivity contribution in [1.82, 2.24) is 4.57 Å². The van der Waals surface area contributed by atoms with Crippen molar-refractivity contribution in [2.75, 3.05) is 4.90 Å². The van der Waals surface area contributed by atoms with Gasteiger partial charge in [-0.3, -0.25) is 0 Å². The zero-order chi connectivity index (χ0) is 43.8. The molecule has 0 fully saturated rings. The summed E-state index contributed by atoms with van der Waals surface area (Å²) in [7, 11) is 0. The second kappa shape index (κ2) is 16.8. The van der Waals surface area contributed by atoms with E-state index in [9.17, 15) is 0 Å². The van der Waals surface area contributed by atoms with Gasteiger partial charge in [-0.1, -0.05) is 212 Å². The van der Waals surface area contributed by atoms with Gasteiger partial charge in [-0.05, 0) is 121 Å². The van der Waals surface area contributed by atoms with E-state index in [0.717, 1.165) is 39.4 Å². The average molecular weight is 841 g/mol. The van der Waals surface area contributed by atoms with E-state index < -0.39 is 0 Å². The molecule has 0 aliphatic carbocycles. The Kier molecular flexibility index (Phi) is 9.89. The van der Waals surface area contributed by atoms with Crippen LogP contribution in [0, 0.1) is 0 Å². The molecule has 0 atom stereocenters. The Morgan fingerprint density at radius 1 is 0.258 bits per heavy atom. The number of aromatic nitrogens is 1. The van der Waals surface area contributed by atoms with Gasteiger partial charge in [-0.25, -0.2) is 0 Å². The van der Waals surface area contributed by atoms with Gasteiger partial charge in [0, 0.05) is 33.5 Å². The zero-order valence-electron chi connectivity index (χ0n) is 36.3. The first kappa shape index (κ1) is 38.9. The predicted molar refractivity (Wildman–Crippen MR) is 280 cm³/mol.